The molecule has 0 N–H and O–H groups in total. The first-order valence-electron chi connectivity index (χ1n) is 22.7. The first kappa shape index (κ1) is 36.3. The van der Waals surface area contributed by atoms with E-state index in [4.69, 9.17) is 9.15 Å². The van der Waals surface area contributed by atoms with Crippen LogP contribution >= 0.6 is 11.8 Å². The second-order valence-electron chi connectivity index (χ2n) is 17.8. The zero-order valence-electron chi connectivity index (χ0n) is 35.5. The Kier molecular flexibility index (Phi) is 7.29. The SMILES string of the molecule is c1ccc2c(c1)Oc1ccccc1C21c2ccccc2-c2cc(N(c3ccc4c(c3)C3(c5ccccc5Sc5ccccc53)c3ccccc3-4)c3cccc4c3oc3ccccc34)ccc21. The molecule has 2 spiro atoms. The number of hydrogen-bond acceptors (Lipinski definition) is 4. The molecule has 0 fully saturated rings. The van der Waals surface area contributed by atoms with Crippen LogP contribution in [0, 0.1) is 0 Å². The van der Waals surface area contributed by atoms with E-state index in [9.17, 15) is 0 Å². The molecule has 0 atom stereocenters. The molecule has 1 aromatic heterocycles. The van der Waals surface area contributed by atoms with Gasteiger partial charge in [-0.3, -0.25) is 0 Å². The number of fused-ring (bicyclic) bond motifs is 21. The van der Waals surface area contributed by atoms with Gasteiger partial charge in [-0.05, 0) is 116 Å². The van der Waals surface area contributed by atoms with E-state index in [0.29, 0.717) is 0 Å². The molecule has 0 radical (unpaired) electrons. The summed E-state index contributed by atoms with van der Waals surface area (Å²) in [5.41, 5.74) is 18.7. The fourth-order valence-corrected chi connectivity index (χ4v) is 13.5. The Morgan fingerprint density at radius 1 is 0.348 bits per heavy atom. The van der Waals surface area contributed by atoms with Crippen molar-refractivity contribution in [2.24, 2.45) is 0 Å². The number of anilines is 3. The summed E-state index contributed by atoms with van der Waals surface area (Å²) in [6, 6.07) is 82.5. The van der Waals surface area contributed by atoms with E-state index in [1.807, 2.05) is 11.8 Å². The summed E-state index contributed by atoms with van der Waals surface area (Å²) in [5, 5.41) is 2.19. The van der Waals surface area contributed by atoms with Crippen LogP contribution in [0.5, 0.6) is 11.5 Å². The summed E-state index contributed by atoms with van der Waals surface area (Å²) in [5.74, 6) is 1.77. The third-order valence-electron chi connectivity index (χ3n) is 14.8. The molecule has 4 aliphatic rings. The maximum absolute atomic E-state index is 6.91. The predicted octanol–water partition coefficient (Wildman–Crippen LogP) is 16.4. The summed E-state index contributed by atoms with van der Waals surface area (Å²) in [6.45, 7) is 0. The minimum absolute atomic E-state index is 0.523. The van der Waals surface area contributed by atoms with Crippen LogP contribution in [0.4, 0.5) is 17.1 Å². The highest BCUT2D eigenvalue weighted by molar-refractivity contribution is 7.99. The molecule has 3 heterocycles. The Bertz CT molecular complexity index is 3790. The lowest BCUT2D eigenvalue weighted by molar-refractivity contribution is 0.436. The molecule has 15 rings (SSSR count). The molecule has 0 bridgehead atoms. The highest BCUT2D eigenvalue weighted by Gasteiger charge is 2.52. The molecule has 3 nitrogen and oxygen atoms in total. The van der Waals surface area contributed by atoms with Crippen molar-refractivity contribution in [3.05, 3.63) is 269 Å². The quantitative estimate of drug-likeness (QED) is 0.177. The molecule has 10 aromatic carbocycles. The van der Waals surface area contributed by atoms with Gasteiger partial charge in [0.2, 0.25) is 0 Å². The average Bonchev–Trinajstić information content (AvgIpc) is 4.00. The van der Waals surface area contributed by atoms with Gasteiger partial charge in [-0.15, -0.1) is 0 Å². The third-order valence-corrected chi connectivity index (χ3v) is 16.0. The summed E-state index contributed by atoms with van der Waals surface area (Å²) in [7, 11) is 0. The second kappa shape index (κ2) is 13.3. The maximum atomic E-state index is 6.91. The molecule has 2 aliphatic heterocycles. The molecule has 66 heavy (non-hydrogen) atoms. The van der Waals surface area contributed by atoms with Crippen LogP contribution < -0.4 is 9.64 Å². The smallest absolute Gasteiger partial charge is 0.159 e. The Morgan fingerprint density at radius 3 is 1.56 bits per heavy atom. The van der Waals surface area contributed by atoms with E-state index in [1.165, 1.54) is 65.4 Å². The largest absolute Gasteiger partial charge is 0.457 e. The van der Waals surface area contributed by atoms with Gasteiger partial charge in [-0.25, -0.2) is 0 Å². The van der Waals surface area contributed by atoms with Crippen molar-refractivity contribution in [2.45, 2.75) is 20.6 Å². The number of nitrogens with zero attached hydrogens (tertiary/aromatic N) is 1. The number of furan rings is 1. The second-order valence-corrected chi connectivity index (χ2v) is 18.9. The molecule has 0 amide bonds. The lowest BCUT2D eigenvalue weighted by Gasteiger charge is -2.40. The van der Waals surface area contributed by atoms with Gasteiger partial charge in [0.15, 0.2) is 5.58 Å². The highest BCUT2D eigenvalue weighted by Crippen LogP contribution is 2.65. The molecular formula is C62H37NO2S. The maximum Gasteiger partial charge on any atom is 0.159 e. The predicted molar refractivity (Wildman–Crippen MR) is 267 cm³/mol. The van der Waals surface area contributed by atoms with E-state index in [1.54, 1.807) is 0 Å². The Balaban J connectivity index is 1.02. The molecule has 4 heteroatoms. The molecule has 0 saturated heterocycles. The van der Waals surface area contributed by atoms with E-state index in [2.05, 4.69) is 229 Å². The molecule has 2 aliphatic carbocycles. The Hall–Kier alpha value is -8.05. The zero-order valence-corrected chi connectivity index (χ0v) is 36.4. The van der Waals surface area contributed by atoms with Gasteiger partial charge in [0.05, 0.1) is 16.5 Å². The molecule has 0 saturated carbocycles. The van der Waals surface area contributed by atoms with Crippen LogP contribution in [0.2, 0.25) is 0 Å². The fraction of sp³-hybridized carbons (Fsp3) is 0.0323. The van der Waals surface area contributed by atoms with E-state index in [-0.39, 0.29) is 0 Å². The van der Waals surface area contributed by atoms with Gasteiger partial charge < -0.3 is 14.1 Å². The van der Waals surface area contributed by atoms with Gasteiger partial charge in [0, 0.05) is 43.1 Å². The monoisotopic (exact) mass is 859 g/mol. The van der Waals surface area contributed by atoms with Crippen molar-refractivity contribution in [1.82, 2.24) is 0 Å². The first-order chi connectivity index (χ1) is 32.7. The topological polar surface area (TPSA) is 25.6 Å². The van der Waals surface area contributed by atoms with Crippen LogP contribution in [0.15, 0.2) is 239 Å². The number of benzene rings is 10. The summed E-state index contributed by atoms with van der Waals surface area (Å²) >= 11 is 1.88. The van der Waals surface area contributed by atoms with Crippen LogP contribution in [0.1, 0.15) is 44.5 Å². The van der Waals surface area contributed by atoms with Gasteiger partial charge in [-0.2, -0.15) is 0 Å². The van der Waals surface area contributed by atoms with Gasteiger partial charge in [-0.1, -0.05) is 176 Å². The van der Waals surface area contributed by atoms with Gasteiger partial charge in [0.1, 0.15) is 17.1 Å². The van der Waals surface area contributed by atoms with Crippen molar-refractivity contribution in [1.29, 1.82) is 0 Å². The Morgan fingerprint density at radius 2 is 0.848 bits per heavy atom. The summed E-state index contributed by atoms with van der Waals surface area (Å²) in [4.78, 5) is 5.02. The van der Waals surface area contributed by atoms with Crippen LogP contribution in [-0.2, 0) is 10.8 Å². The number of para-hydroxylation sites is 4. The minimum atomic E-state index is -0.565. The van der Waals surface area contributed by atoms with Crippen LogP contribution in [0.3, 0.4) is 0 Å². The van der Waals surface area contributed by atoms with E-state index in [0.717, 1.165) is 61.6 Å². The number of rotatable bonds is 3. The van der Waals surface area contributed by atoms with Crippen molar-refractivity contribution >= 4 is 50.8 Å². The molecular weight excluding hydrogens is 823 g/mol. The van der Waals surface area contributed by atoms with E-state index < -0.39 is 10.8 Å². The van der Waals surface area contributed by atoms with Crippen LogP contribution in [0.25, 0.3) is 44.2 Å². The number of ether oxygens (including phenoxy) is 1. The van der Waals surface area contributed by atoms with Gasteiger partial charge >= 0.3 is 0 Å². The zero-order chi connectivity index (χ0) is 43.1. The lowest BCUT2D eigenvalue weighted by atomic mass is 9.66. The Labute approximate surface area is 386 Å². The highest BCUT2D eigenvalue weighted by atomic mass is 32.2. The first-order valence-corrected chi connectivity index (χ1v) is 23.5. The normalized spacial score (nSPS) is 14.7. The standard InChI is InChI=1S/C62H37NO2S/c1-4-20-46-40(16-1)42-34-32-39(37-53(42)62(46)51-24-8-13-30-58(51)66-59-31-14-9-25-52(59)62)63(54-26-15-19-44-43-18-3-10-27-55(43)65-60(44)54)38-33-35-48-45(36-38)41-17-2-5-21-47(41)61(48)49-22-6-11-28-56(49)64-57-29-12-7-23-50(57)61/h1-37H. The van der Waals surface area contributed by atoms with Crippen molar-refractivity contribution < 1.29 is 9.15 Å². The van der Waals surface area contributed by atoms with Crippen molar-refractivity contribution in [3.8, 4) is 33.8 Å². The van der Waals surface area contributed by atoms with Gasteiger partial charge in [0.25, 0.3) is 0 Å². The third kappa shape index (κ3) is 4.54. The molecule has 308 valence electrons. The summed E-state index contributed by atoms with van der Waals surface area (Å²) in [6.07, 6.45) is 0. The molecule has 11 aromatic rings. The number of hydrogen-bond donors (Lipinski definition) is 0. The molecule has 0 unspecified atom stereocenters. The van der Waals surface area contributed by atoms with Crippen LogP contribution in [-0.4, -0.2) is 0 Å². The summed E-state index contributed by atoms with van der Waals surface area (Å²) < 4.78 is 13.6. The van der Waals surface area contributed by atoms with E-state index >= 15 is 0 Å². The fourth-order valence-electron chi connectivity index (χ4n) is 12.3. The van der Waals surface area contributed by atoms with Crippen molar-refractivity contribution in [2.75, 3.05) is 4.90 Å². The van der Waals surface area contributed by atoms with Crippen molar-refractivity contribution in [3.63, 3.8) is 0 Å². The minimum Gasteiger partial charge on any atom is -0.457 e. The average molecular weight is 860 g/mol. The lowest BCUT2D eigenvalue weighted by Crippen LogP contribution is -2.32.